The Hall–Kier alpha value is -1.76. The molecule has 0 bridgehead atoms. The normalized spacial score (nSPS) is 12.1. The van der Waals surface area contributed by atoms with Crippen molar-refractivity contribution < 1.29 is 0 Å². The van der Waals surface area contributed by atoms with Crippen LogP contribution in [0.1, 0.15) is 37.4 Å². The molecular formula is C17H21N. The Morgan fingerprint density at radius 2 is 1.56 bits per heavy atom. The third-order valence-electron chi connectivity index (χ3n) is 3.34. The Bertz CT molecular complexity index is 476. The molecular weight excluding hydrogens is 218 g/mol. The first-order valence-corrected chi connectivity index (χ1v) is 6.74. The highest BCUT2D eigenvalue weighted by Crippen LogP contribution is 2.25. The van der Waals surface area contributed by atoms with Crippen LogP contribution in [0, 0.1) is 0 Å². The molecule has 1 unspecified atom stereocenters. The van der Waals surface area contributed by atoms with Gasteiger partial charge in [0.2, 0.25) is 0 Å². The van der Waals surface area contributed by atoms with E-state index in [4.69, 9.17) is 0 Å². The Balaban J connectivity index is 2.21. The van der Waals surface area contributed by atoms with Crippen molar-refractivity contribution in [2.75, 3.05) is 5.32 Å². The summed E-state index contributed by atoms with van der Waals surface area (Å²) >= 11 is 0. The molecule has 2 rings (SSSR count). The van der Waals surface area contributed by atoms with E-state index in [-0.39, 0.29) is 0 Å². The molecule has 1 nitrogen and oxygen atoms in total. The van der Waals surface area contributed by atoms with Crippen molar-refractivity contribution >= 4 is 5.69 Å². The van der Waals surface area contributed by atoms with Crippen LogP contribution in [0.15, 0.2) is 54.6 Å². The van der Waals surface area contributed by atoms with E-state index in [2.05, 4.69) is 73.8 Å². The minimum atomic E-state index is 0.388. The highest BCUT2D eigenvalue weighted by atomic mass is 14.9. The van der Waals surface area contributed by atoms with Crippen molar-refractivity contribution in [3.8, 4) is 0 Å². The standard InChI is InChI=1S/C17H21N/c1-3-14-10-8-9-13-17(14)18-16(4-2)15-11-6-5-7-12-15/h5-13,16,18H,3-4H2,1-2H3. The largest absolute Gasteiger partial charge is 0.378 e. The molecule has 0 fully saturated rings. The fourth-order valence-corrected chi connectivity index (χ4v) is 2.26. The number of benzene rings is 2. The highest BCUT2D eigenvalue weighted by molar-refractivity contribution is 5.52. The van der Waals surface area contributed by atoms with E-state index < -0.39 is 0 Å². The molecule has 0 aliphatic heterocycles. The van der Waals surface area contributed by atoms with Gasteiger partial charge >= 0.3 is 0 Å². The molecule has 0 aliphatic rings. The summed E-state index contributed by atoms with van der Waals surface area (Å²) in [6.07, 6.45) is 2.15. The van der Waals surface area contributed by atoms with Gasteiger partial charge in [-0.15, -0.1) is 0 Å². The Morgan fingerprint density at radius 3 is 2.22 bits per heavy atom. The van der Waals surface area contributed by atoms with Crippen molar-refractivity contribution in [2.24, 2.45) is 0 Å². The summed E-state index contributed by atoms with van der Waals surface area (Å²) in [6.45, 7) is 4.42. The lowest BCUT2D eigenvalue weighted by molar-refractivity contribution is 0.747. The van der Waals surface area contributed by atoms with Gasteiger partial charge in [-0.1, -0.05) is 62.4 Å². The zero-order valence-electron chi connectivity index (χ0n) is 11.2. The zero-order chi connectivity index (χ0) is 12.8. The SMILES string of the molecule is CCc1ccccc1NC(CC)c1ccccc1. The fourth-order valence-electron chi connectivity index (χ4n) is 2.26. The van der Waals surface area contributed by atoms with Crippen LogP contribution in [0.3, 0.4) is 0 Å². The molecule has 0 amide bonds. The summed E-state index contributed by atoms with van der Waals surface area (Å²) in [5.74, 6) is 0. The quantitative estimate of drug-likeness (QED) is 0.789. The molecule has 0 saturated heterocycles. The molecule has 0 aliphatic carbocycles. The van der Waals surface area contributed by atoms with Gasteiger partial charge in [0.25, 0.3) is 0 Å². The van der Waals surface area contributed by atoms with Gasteiger partial charge in [0.1, 0.15) is 0 Å². The number of hydrogen-bond donors (Lipinski definition) is 1. The molecule has 0 radical (unpaired) electrons. The van der Waals surface area contributed by atoms with Gasteiger partial charge in [-0.05, 0) is 30.0 Å². The van der Waals surface area contributed by atoms with Gasteiger partial charge in [-0.3, -0.25) is 0 Å². The predicted molar refractivity (Wildman–Crippen MR) is 78.9 cm³/mol. The number of nitrogens with one attached hydrogen (secondary N) is 1. The molecule has 94 valence electrons. The predicted octanol–water partition coefficient (Wildman–Crippen LogP) is 4.81. The maximum absolute atomic E-state index is 3.66. The molecule has 0 aromatic heterocycles. The molecule has 2 aromatic rings. The molecule has 0 spiro atoms. The molecule has 0 saturated carbocycles. The number of rotatable bonds is 5. The average Bonchev–Trinajstić information content (AvgIpc) is 2.46. The van der Waals surface area contributed by atoms with Gasteiger partial charge in [0.05, 0.1) is 6.04 Å². The third-order valence-corrected chi connectivity index (χ3v) is 3.34. The molecule has 1 N–H and O–H groups in total. The second-order valence-corrected chi connectivity index (χ2v) is 4.53. The second-order valence-electron chi connectivity index (χ2n) is 4.53. The van der Waals surface area contributed by atoms with Crippen molar-refractivity contribution in [1.29, 1.82) is 0 Å². The van der Waals surface area contributed by atoms with Crippen molar-refractivity contribution in [1.82, 2.24) is 0 Å². The maximum Gasteiger partial charge on any atom is 0.0511 e. The van der Waals surface area contributed by atoms with Crippen LogP contribution in [0.25, 0.3) is 0 Å². The third kappa shape index (κ3) is 2.92. The van der Waals surface area contributed by atoms with Crippen LogP contribution in [-0.2, 0) is 6.42 Å². The van der Waals surface area contributed by atoms with Crippen LogP contribution in [0.4, 0.5) is 5.69 Å². The lowest BCUT2D eigenvalue weighted by Crippen LogP contribution is -2.10. The molecule has 18 heavy (non-hydrogen) atoms. The van der Waals surface area contributed by atoms with Crippen LogP contribution in [0.5, 0.6) is 0 Å². The van der Waals surface area contributed by atoms with E-state index in [1.807, 2.05) is 0 Å². The monoisotopic (exact) mass is 239 g/mol. The van der Waals surface area contributed by atoms with E-state index >= 15 is 0 Å². The lowest BCUT2D eigenvalue weighted by Gasteiger charge is -2.20. The minimum Gasteiger partial charge on any atom is -0.378 e. The number of anilines is 1. The number of aryl methyl sites for hydroxylation is 1. The molecule has 2 aromatic carbocycles. The van der Waals surface area contributed by atoms with Crippen LogP contribution < -0.4 is 5.32 Å². The van der Waals surface area contributed by atoms with E-state index in [0.29, 0.717) is 6.04 Å². The van der Waals surface area contributed by atoms with E-state index in [1.165, 1.54) is 16.8 Å². The van der Waals surface area contributed by atoms with E-state index in [9.17, 15) is 0 Å². The second kappa shape index (κ2) is 6.25. The first-order valence-electron chi connectivity index (χ1n) is 6.74. The summed E-state index contributed by atoms with van der Waals surface area (Å²) < 4.78 is 0. The Labute approximate surface area is 110 Å². The summed E-state index contributed by atoms with van der Waals surface area (Å²) in [4.78, 5) is 0. The highest BCUT2D eigenvalue weighted by Gasteiger charge is 2.09. The van der Waals surface area contributed by atoms with Crippen molar-refractivity contribution in [3.63, 3.8) is 0 Å². The van der Waals surface area contributed by atoms with Crippen LogP contribution >= 0.6 is 0 Å². The minimum absolute atomic E-state index is 0.388. The van der Waals surface area contributed by atoms with Gasteiger partial charge in [0.15, 0.2) is 0 Å². The molecule has 0 heterocycles. The summed E-state index contributed by atoms with van der Waals surface area (Å²) in [5.41, 5.74) is 3.99. The van der Waals surface area contributed by atoms with Crippen LogP contribution in [0.2, 0.25) is 0 Å². The van der Waals surface area contributed by atoms with Gasteiger partial charge in [-0.25, -0.2) is 0 Å². The van der Waals surface area contributed by atoms with Crippen molar-refractivity contribution in [3.05, 3.63) is 65.7 Å². The van der Waals surface area contributed by atoms with E-state index in [1.54, 1.807) is 0 Å². The van der Waals surface area contributed by atoms with Gasteiger partial charge in [-0.2, -0.15) is 0 Å². The smallest absolute Gasteiger partial charge is 0.0511 e. The van der Waals surface area contributed by atoms with Crippen LogP contribution in [-0.4, -0.2) is 0 Å². The zero-order valence-corrected chi connectivity index (χ0v) is 11.2. The average molecular weight is 239 g/mol. The number of para-hydroxylation sites is 1. The first-order chi connectivity index (χ1) is 8.85. The van der Waals surface area contributed by atoms with Crippen molar-refractivity contribution in [2.45, 2.75) is 32.7 Å². The van der Waals surface area contributed by atoms with E-state index in [0.717, 1.165) is 12.8 Å². The van der Waals surface area contributed by atoms with Gasteiger partial charge < -0.3 is 5.32 Å². The Morgan fingerprint density at radius 1 is 0.889 bits per heavy atom. The van der Waals surface area contributed by atoms with Gasteiger partial charge in [0, 0.05) is 5.69 Å². The molecule has 1 heteroatoms. The summed E-state index contributed by atoms with van der Waals surface area (Å²) in [7, 11) is 0. The topological polar surface area (TPSA) is 12.0 Å². The first kappa shape index (κ1) is 12.7. The number of hydrogen-bond acceptors (Lipinski definition) is 1. The summed E-state index contributed by atoms with van der Waals surface area (Å²) in [5, 5.41) is 3.66. The maximum atomic E-state index is 3.66. The summed E-state index contributed by atoms with van der Waals surface area (Å²) in [6, 6.07) is 19.6. The molecule has 1 atom stereocenters. The fraction of sp³-hybridized carbons (Fsp3) is 0.294. The lowest BCUT2D eigenvalue weighted by atomic mass is 10.0. The Kier molecular flexibility index (Phi) is 4.40.